The molecule has 4 aromatic rings. The fourth-order valence-corrected chi connectivity index (χ4v) is 6.51. The first kappa shape index (κ1) is 37.0. The van der Waals surface area contributed by atoms with Crippen LogP contribution in [0, 0.1) is 27.7 Å². The van der Waals surface area contributed by atoms with Crippen molar-refractivity contribution in [2.45, 2.75) is 40.5 Å². The van der Waals surface area contributed by atoms with Crippen LogP contribution in [0.15, 0.2) is 60.7 Å². The monoisotopic (exact) mass is 671 g/mol. The van der Waals surface area contributed by atoms with Crippen LogP contribution in [0.25, 0.3) is 0 Å². The number of phenols is 4. The maximum Gasteiger partial charge on any atom is 1.00 e. The quantitative estimate of drug-likeness (QED) is 0.215. The zero-order valence-corrected chi connectivity index (χ0v) is 28.5. The highest BCUT2D eigenvalue weighted by Gasteiger charge is 2.36. The Morgan fingerprint density at radius 2 is 0.816 bits per heavy atom. The average molecular weight is 672 g/mol. The van der Waals surface area contributed by atoms with Crippen LogP contribution >= 0.6 is 0 Å². The Labute approximate surface area is 288 Å². The summed E-state index contributed by atoms with van der Waals surface area (Å²) < 4.78 is 0. The van der Waals surface area contributed by atoms with Gasteiger partial charge in [-0.3, -0.25) is 29.2 Å². The SMILES string of the molecule is C1N2CN3CN1CN(C2)C3.Cc1cc(Cc2cc(C)c(O)c(C=O)c2)cc(C=O)c1O.Cc1cc(Cc2ccc(O)c(C)c2)ccc1O.O.[H+]. The van der Waals surface area contributed by atoms with Gasteiger partial charge in [-0.2, -0.15) is 0 Å². The molecule has 0 aliphatic carbocycles. The van der Waals surface area contributed by atoms with Gasteiger partial charge in [-0.05, 0) is 109 Å². The number of hydrogen-bond donors (Lipinski definition) is 4. The smallest absolute Gasteiger partial charge is 0.508 e. The molecule has 0 spiro atoms. The van der Waals surface area contributed by atoms with Gasteiger partial charge in [0.25, 0.3) is 0 Å². The summed E-state index contributed by atoms with van der Waals surface area (Å²) >= 11 is 0. The van der Waals surface area contributed by atoms with Crippen molar-refractivity contribution in [2.75, 3.05) is 40.0 Å². The van der Waals surface area contributed by atoms with E-state index in [0.717, 1.165) is 39.8 Å². The Morgan fingerprint density at radius 3 is 1.12 bits per heavy atom. The van der Waals surface area contributed by atoms with Crippen LogP contribution < -0.4 is 0 Å². The second-order valence-corrected chi connectivity index (χ2v) is 13.1. The Balaban J connectivity index is 0.000000209. The number of aromatic hydroxyl groups is 4. The summed E-state index contributed by atoms with van der Waals surface area (Å²) in [7, 11) is 0. The number of carbonyl (C=O) groups is 2. The van der Waals surface area contributed by atoms with Gasteiger partial charge in [0, 0.05) is 0 Å². The molecular weight excluding hydrogens is 624 g/mol. The van der Waals surface area contributed by atoms with E-state index in [1.807, 2.05) is 38.1 Å². The molecule has 0 aromatic heterocycles. The van der Waals surface area contributed by atoms with Crippen LogP contribution in [0.3, 0.4) is 0 Å². The highest BCUT2D eigenvalue weighted by Crippen LogP contribution is 2.27. The van der Waals surface area contributed by atoms with Crippen LogP contribution in [0.1, 0.15) is 66.7 Å². The van der Waals surface area contributed by atoms with E-state index in [-0.39, 0.29) is 29.5 Å². The lowest BCUT2D eigenvalue weighted by molar-refractivity contribution is -0.194. The van der Waals surface area contributed by atoms with E-state index in [2.05, 4.69) is 19.6 Å². The van der Waals surface area contributed by atoms with Crippen LogP contribution in [-0.2, 0) is 12.8 Å². The lowest BCUT2D eigenvalue weighted by Crippen LogP contribution is -2.71. The van der Waals surface area contributed by atoms with Gasteiger partial charge in [0.05, 0.1) is 51.1 Å². The lowest BCUT2D eigenvalue weighted by atomic mass is 9.97. The standard InChI is InChI=1S/C17H16O4.C15H16O2.C6H12N4.H2O/c1-10-3-12(6-14(8-18)16(10)20)5-13-4-11(2)17(21)15(7-13)9-19;1-10-7-12(3-5-14(10)16)9-13-4-6-15(17)11(2)8-13;1-7-2-9-4-8(1)5-10(3-7)6-9;/h3-4,6-9,20-21H,5H2,1-2H3;3-8,16-17H,9H2,1-2H3;1-6H2;1H2/p+1. The molecule has 6 N–H and O–H groups in total. The van der Waals surface area contributed by atoms with E-state index in [4.69, 9.17) is 0 Å². The Kier molecular flexibility index (Phi) is 12.2. The molecule has 49 heavy (non-hydrogen) atoms. The molecule has 4 aliphatic heterocycles. The number of carbonyl (C=O) groups excluding carboxylic acids is 2. The molecule has 4 fully saturated rings. The zero-order valence-electron chi connectivity index (χ0n) is 29.5. The summed E-state index contributed by atoms with van der Waals surface area (Å²) in [6.07, 6.45) is 2.54. The minimum atomic E-state index is -0.00998. The molecule has 11 nitrogen and oxygen atoms in total. The van der Waals surface area contributed by atoms with Crippen LogP contribution in [0.4, 0.5) is 0 Å². The van der Waals surface area contributed by atoms with Crippen LogP contribution in [0.5, 0.6) is 23.0 Å². The normalized spacial score (nSPS) is 19.8. The predicted molar refractivity (Wildman–Crippen MR) is 189 cm³/mol. The zero-order chi connectivity index (χ0) is 34.5. The summed E-state index contributed by atoms with van der Waals surface area (Å²) in [6.45, 7) is 14.4. The fourth-order valence-electron chi connectivity index (χ4n) is 6.51. The van der Waals surface area contributed by atoms with Crippen molar-refractivity contribution in [3.8, 4) is 23.0 Å². The summed E-state index contributed by atoms with van der Waals surface area (Å²) in [5.74, 6) is 0.639. The van der Waals surface area contributed by atoms with E-state index in [9.17, 15) is 30.0 Å². The van der Waals surface area contributed by atoms with Gasteiger partial charge in [0.15, 0.2) is 12.6 Å². The number of hydrogen-bond acceptors (Lipinski definition) is 10. The minimum absolute atomic E-state index is 0. The number of phenolic OH excluding ortho intramolecular Hbond substituents is 4. The van der Waals surface area contributed by atoms with Crippen LogP contribution in [-0.4, -0.2) is 98.1 Å². The molecule has 4 bridgehead atoms. The van der Waals surface area contributed by atoms with Gasteiger partial charge in [0.1, 0.15) is 23.0 Å². The molecule has 4 heterocycles. The molecule has 0 saturated carbocycles. The first-order chi connectivity index (χ1) is 22.9. The molecule has 8 rings (SSSR count). The summed E-state index contributed by atoms with van der Waals surface area (Å²) in [5, 5.41) is 38.4. The van der Waals surface area contributed by atoms with Gasteiger partial charge >= 0.3 is 1.43 Å². The number of benzene rings is 4. The van der Waals surface area contributed by atoms with E-state index in [1.165, 1.54) is 40.0 Å². The first-order valence-electron chi connectivity index (χ1n) is 15.9. The summed E-state index contributed by atoms with van der Waals surface area (Å²) in [6, 6.07) is 18.1. The first-order valence-corrected chi connectivity index (χ1v) is 15.9. The number of aldehydes is 2. The van der Waals surface area contributed by atoms with Crippen molar-refractivity contribution in [1.29, 1.82) is 0 Å². The van der Waals surface area contributed by atoms with Crippen molar-refractivity contribution < 1.29 is 36.9 Å². The maximum absolute atomic E-state index is 10.9. The third kappa shape index (κ3) is 9.23. The Hall–Kier alpha value is -4.78. The summed E-state index contributed by atoms with van der Waals surface area (Å²) in [5.41, 5.74) is 7.55. The van der Waals surface area contributed by atoms with Gasteiger partial charge in [-0.25, -0.2) is 0 Å². The Morgan fingerprint density at radius 1 is 0.510 bits per heavy atom. The second kappa shape index (κ2) is 16.1. The van der Waals surface area contributed by atoms with Crippen molar-refractivity contribution >= 4 is 12.6 Å². The molecule has 0 radical (unpaired) electrons. The third-order valence-corrected chi connectivity index (χ3v) is 8.77. The average Bonchev–Trinajstić information content (AvgIpc) is 3.04. The lowest BCUT2D eigenvalue weighted by Gasteiger charge is -2.56. The third-order valence-electron chi connectivity index (χ3n) is 8.77. The van der Waals surface area contributed by atoms with Crippen molar-refractivity contribution in [3.63, 3.8) is 0 Å². The molecule has 4 aromatic carbocycles. The van der Waals surface area contributed by atoms with E-state index < -0.39 is 0 Å². The van der Waals surface area contributed by atoms with E-state index >= 15 is 0 Å². The largest absolute Gasteiger partial charge is 1.00 e. The number of rotatable bonds is 6. The summed E-state index contributed by atoms with van der Waals surface area (Å²) in [4.78, 5) is 31.8. The van der Waals surface area contributed by atoms with Crippen molar-refractivity contribution in [1.82, 2.24) is 19.6 Å². The molecule has 0 atom stereocenters. The van der Waals surface area contributed by atoms with Gasteiger partial charge in [0.2, 0.25) is 0 Å². The number of nitrogens with zero attached hydrogens (tertiary/aromatic N) is 4. The highest BCUT2D eigenvalue weighted by molar-refractivity contribution is 5.81. The second-order valence-electron chi connectivity index (χ2n) is 13.1. The maximum atomic E-state index is 10.9. The van der Waals surface area contributed by atoms with Crippen LogP contribution in [0.2, 0.25) is 0 Å². The fraction of sp³-hybridized carbons (Fsp3) is 0.316. The van der Waals surface area contributed by atoms with E-state index in [1.54, 1.807) is 50.2 Å². The molecule has 0 unspecified atom stereocenters. The molecule has 260 valence electrons. The molecule has 11 heteroatoms. The molecule has 4 saturated heterocycles. The van der Waals surface area contributed by atoms with Gasteiger partial charge in [-0.15, -0.1) is 0 Å². The van der Waals surface area contributed by atoms with Crippen molar-refractivity contribution in [3.05, 3.63) is 116 Å². The predicted octanol–water partition coefficient (Wildman–Crippen LogP) is 4.50. The number of aryl methyl sites for hydroxylation is 4. The minimum Gasteiger partial charge on any atom is -0.508 e. The highest BCUT2D eigenvalue weighted by atomic mass is 16.3. The van der Waals surface area contributed by atoms with Gasteiger partial charge in [-0.1, -0.05) is 36.4 Å². The molecular formula is C38H47N4O7+. The van der Waals surface area contributed by atoms with E-state index in [0.29, 0.717) is 41.6 Å². The topological polar surface area (TPSA) is 160 Å². The molecule has 0 amide bonds. The molecule has 4 aliphatic rings. The van der Waals surface area contributed by atoms with Gasteiger partial charge < -0.3 is 25.9 Å². The van der Waals surface area contributed by atoms with Crippen molar-refractivity contribution in [2.24, 2.45) is 0 Å². The Bertz CT molecular complexity index is 1650.